The molecule has 2 heterocycles. The van der Waals surface area contributed by atoms with Gasteiger partial charge in [0.05, 0.1) is 9.21 Å². The Hall–Kier alpha value is -0.850. The Morgan fingerprint density at radius 2 is 2.30 bits per heavy atom. The number of halogens is 2. The zero-order valence-corrected chi connectivity index (χ0v) is 13.9. The fourth-order valence-electron chi connectivity index (χ4n) is 2.15. The van der Waals surface area contributed by atoms with E-state index in [9.17, 15) is 9.59 Å². The Morgan fingerprint density at radius 3 is 2.90 bits per heavy atom. The highest BCUT2D eigenvalue weighted by molar-refractivity contribution is 9.11. The van der Waals surface area contributed by atoms with Gasteiger partial charge in [0.15, 0.2) is 0 Å². The zero-order valence-electron chi connectivity index (χ0n) is 10.7. The van der Waals surface area contributed by atoms with Crippen LogP contribution in [0.15, 0.2) is 23.2 Å². The first-order valence-electron chi connectivity index (χ1n) is 6.16. The summed E-state index contributed by atoms with van der Waals surface area (Å²) in [4.78, 5) is 26.7. The summed E-state index contributed by atoms with van der Waals surface area (Å²) in [5.74, 6) is -0.267. The summed E-state index contributed by atoms with van der Waals surface area (Å²) in [6.45, 7) is 4.63. The molecule has 1 aliphatic heterocycles. The zero-order chi connectivity index (χ0) is 14.7. The van der Waals surface area contributed by atoms with Crippen LogP contribution < -0.4 is 5.32 Å². The van der Waals surface area contributed by atoms with Gasteiger partial charge in [-0.05, 0) is 25.0 Å². The van der Waals surface area contributed by atoms with Crippen LogP contribution in [0.3, 0.4) is 0 Å². The van der Waals surface area contributed by atoms with Crippen LogP contribution in [0, 0.1) is 0 Å². The lowest BCUT2D eigenvalue weighted by atomic mass is 10.2. The van der Waals surface area contributed by atoms with Crippen molar-refractivity contribution >= 4 is 50.7 Å². The molecule has 1 saturated heterocycles. The lowest BCUT2D eigenvalue weighted by Crippen LogP contribution is -2.46. The van der Waals surface area contributed by atoms with Gasteiger partial charge >= 0.3 is 0 Å². The summed E-state index contributed by atoms with van der Waals surface area (Å²) in [6, 6.07) is 2.98. The van der Waals surface area contributed by atoms with Crippen molar-refractivity contribution in [1.29, 1.82) is 0 Å². The molecule has 108 valence electrons. The van der Waals surface area contributed by atoms with Crippen molar-refractivity contribution in [3.05, 3.63) is 32.4 Å². The lowest BCUT2D eigenvalue weighted by molar-refractivity contribution is -0.124. The van der Waals surface area contributed by atoms with Crippen LogP contribution in [-0.4, -0.2) is 35.8 Å². The molecule has 0 spiro atoms. The Bertz CT molecular complexity index is 546. The number of nitrogens with zero attached hydrogens (tertiary/aromatic N) is 1. The first-order chi connectivity index (χ1) is 9.49. The second kappa shape index (κ2) is 6.74. The molecule has 1 aromatic heterocycles. The van der Waals surface area contributed by atoms with E-state index in [0.717, 1.165) is 6.42 Å². The van der Waals surface area contributed by atoms with E-state index in [4.69, 9.17) is 11.6 Å². The van der Waals surface area contributed by atoms with E-state index in [1.807, 2.05) is 0 Å². The molecular formula is C13H14BrClN2O2S. The fraction of sp³-hybridized carbons (Fsp3) is 0.385. The minimum atomic E-state index is -0.407. The van der Waals surface area contributed by atoms with Crippen molar-refractivity contribution in [2.75, 3.05) is 13.1 Å². The number of amides is 2. The third-order valence-electron chi connectivity index (χ3n) is 3.05. The van der Waals surface area contributed by atoms with Gasteiger partial charge in [0.1, 0.15) is 6.04 Å². The van der Waals surface area contributed by atoms with E-state index in [1.165, 1.54) is 11.3 Å². The molecule has 1 fully saturated rings. The van der Waals surface area contributed by atoms with E-state index < -0.39 is 6.04 Å². The highest BCUT2D eigenvalue weighted by Gasteiger charge is 2.34. The summed E-state index contributed by atoms with van der Waals surface area (Å²) >= 11 is 10.3. The monoisotopic (exact) mass is 376 g/mol. The van der Waals surface area contributed by atoms with Gasteiger partial charge in [0, 0.05) is 17.6 Å². The predicted octanol–water partition coefficient (Wildman–Crippen LogP) is 3.03. The van der Waals surface area contributed by atoms with Gasteiger partial charge in [-0.25, -0.2) is 0 Å². The first kappa shape index (κ1) is 15.5. The average molecular weight is 378 g/mol. The van der Waals surface area contributed by atoms with Crippen LogP contribution in [-0.2, 0) is 4.79 Å². The third kappa shape index (κ3) is 3.62. The minimum absolute atomic E-state index is 0.128. The smallest absolute Gasteiger partial charge is 0.264 e. The normalized spacial score (nSPS) is 18.1. The first-order valence-corrected chi connectivity index (χ1v) is 8.15. The second-order valence-corrected chi connectivity index (χ2v) is 7.33. The SMILES string of the molecule is C=C(Br)CNC(=O)[C@H]1CCCN1C(=O)c1ccc(Cl)s1. The molecule has 1 atom stereocenters. The fourth-order valence-corrected chi connectivity index (χ4v) is 3.29. The average Bonchev–Trinajstić information content (AvgIpc) is 3.03. The quantitative estimate of drug-likeness (QED) is 0.877. The number of hydrogen-bond donors (Lipinski definition) is 1. The van der Waals surface area contributed by atoms with Crippen molar-refractivity contribution < 1.29 is 9.59 Å². The standard InChI is InChI=1S/C13H14BrClN2O2S/c1-8(14)7-16-12(18)9-3-2-6-17(9)13(19)10-4-5-11(15)20-10/h4-5,9H,1-3,6-7H2,(H,16,18)/t9-/m1/s1. The molecule has 0 aromatic carbocycles. The maximum atomic E-state index is 12.4. The highest BCUT2D eigenvalue weighted by atomic mass is 79.9. The van der Waals surface area contributed by atoms with Gasteiger partial charge in [-0.1, -0.05) is 34.1 Å². The van der Waals surface area contributed by atoms with Crippen molar-refractivity contribution in [3.63, 3.8) is 0 Å². The molecule has 2 rings (SSSR count). The van der Waals surface area contributed by atoms with Crippen molar-refractivity contribution in [1.82, 2.24) is 10.2 Å². The van der Waals surface area contributed by atoms with Crippen LogP contribution in [0.25, 0.3) is 0 Å². The number of carbonyl (C=O) groups is 2. The van der Waals surface area contributed by atoms with E-state index in [2.05, 4.69) is 27.8 Å². The largest absolute Gasteiger partial charge is 0.350 e. The molecule has 4 nitrogen and oxygen atoms in total. The Balaban J connectivity index is 2.05. The Morgan fingerprint density at radius 1 is 1.55 bits per heavy atom. The molecule has 2 amide bonds. The minimum Gasteiger partial charge on any atom is -0.350 e. The lowest BCUT2D eigenvalue weighted by Gasteiger charge is -2.23. The van der Waals surface area contributed by atoms with Gasteiger partial charge in [-0.2, -0.15) is 0 Å². The van der Waals surface area contributed by atoms with E-state index in [1.54, 1.807) is 17.0 Å². The van der Waals surface area contributed by atoms with Crippen LogP contribution in [0.1, 0.15) is 22.5 Å². The molecule has 0 radical (unpaired) electrons. The number of carbonyl (C=O) groups excluding carboxylic acids is 2. The topological polar surface area (TPSA) is 49.4 Å². The van der Waals surface area contributed by atoms with Crippen LogP contribution in [0.4, 0.5) is 0 Å². The van der Waals surface area contributed by atoms with Crippen molar-refractivity contribution in [2.45, 2.75) is 18.9 Å². The maximum Gasteiger partial charge on any atom is 0.264 e. The van der Waals surface area contributed by atoms with Gasteiger partial charge in [-0.15, -0.1) is 11.3 Å². The van der Waals surface area contributed by atoms with E-state index in [0.29, 0.717) is 33.2 Å². The Kier molecular flexibility index (Phi) is 5.23. The molecule has 0 bridgehead atoms. The summed E-state index contributed by atoms with van der Waals surface area (Å²) in [6.07, 6.45) is 1.52. The molecule has 0 aliphatic carbocycles. The predicted molar refractivity (Wildman–Crippen MR) is 84.5 cm³/mol. The number of hydrogen-bond acceptors (Lipinski definition) is 3. The van der Waals surface area contributed by atoms with Crippen molar-refractivity contribution in [3.8, 4) is 0 Å². The summed E-state index contributed by atoms with van der Waals surface area (Å²) in [7, 11) is 0. The summed E-state index contributed by atoms with van der Waals surface area (Å²) < 4.78 is 1.27. The summed E-state index contributed by atoms with van der Waals surface area (Å²) in [5, 5.41) is 2.76. The van der Waals surface area contributed by atoms with Crippen LogP contribution in [0.5, 0.6) is 0 Å². The van der Waals surface area contributed by atoms with Gasteiger partial charge in [-0.3, -0.25) is 9.59 Å². The molecule has 0 saturated carbocycles. The second-order valence-electron chi connectivity index (χ2n) is 4.50. The van der Waals surface area contributed by atoms with E-state index >= 15 is 0 Å². The van der Waals surface area contributed by atoms with Crippen molar-refractivity contribution in [2.24, 2.45) is 0 Å². The van der Waals surface area contributed by atoms with Gasteiger partial charge < -0.3 is 10.2 Å². The molecule has 1 N–H and O–H groups in total. The molecular weight excluding hydrogens is 364 g/mol. The number of likely N-dealkylation sites (tertiary alicyclic amines) is 1. The van der Waals surface area contributed by atoms with E-state index in [-0.39, 0.29) is 11.8 Å². The molecule has 7 heteroatoms. The molecule has 1 aromatic rings. The van der Waals surface area contributed by atoms with Gasteiger partial charge in [0.2, 0.25) is 5.91 Å². The number of thiophene rings is 1. The van der Waals surface area contributed by atoms with Gasteiger partial charge in [0.25, 0.3) is 5.91 Å². The van der Waals surface area contributed by atoms with Crippen LogP contribution in [0.2, 0.25) is 4.34 Å². The Labute approximate surface area is 134 Å². The van der Waals surface area contributed by atoms with Crippen LogP contribution >= 0.6 is 38.9 Å². The molecule has 20 heavy (non-hydrogen) atoms. The maximum absolute atomic E-state index is 12.4. The highest BCUT2D eigenvalue weighted by Crippen LogP contribution is 2.26. The third-order valence-corrected chi connectivity index (χ3v) is 4.55. The molecule has 1 aliphatic rings. The number of rotatable bonds is 4. The number of nitrogens with one attached hydrogen (secondary N) is 1. The summed E-state index contributed by atoms with van der Waals surface area (Å²) in [5.41, 5.74) is 0. The molecule has 0 unspecified atom stereocenters.